The van der Waals surface area contributed by atoms with E-state index in [0.29, 0.717) is 5.92 Å². The zero-order chi connectivity index (χ0) is 10.8. The van der Waals surface area contributed by atoms with Gasteiger partial charge in [-0.3, -0.25) is 0 Å². The third-order valence-corrected chi connectivity index (χ3v) is 2.85. The van der Waals surface area contributed by atoms with Crippen molar-refractivity contribution in [3.63, 3.8) is 0 Å². The molecule has 0 saturated heterocycles. The van der Waals surface area contributed by atoms with Crippen LogP contribution in [-0.2, 0) is 4.79 Å². The Bertz CT molecular complexity index is 373. The monoisotopic (exact) mass is 206 g/mol. The molecule has 2 rings (SSSR count). The van der Waals surface area contributed by atoms with E-state index in [1.54, 1.807) is 14.2 Å². The van der Waals surface area contributed by atoms with Crippen LogP contribution in [0.15, 0.2) is 18.2 Å². The van der Waals surface area contributed by atoms with E-state index in [1.807, 2.05) is 18.2 Å². The lowest BCUT2D eigenvalue weighted by molar-refractivity contribution is -0.108. The van der Waals surface area contributed by atoms with Gasteiger partial charge < -0.3 is 14.3 Å². The summed E-state index contributed by atoms with van der Waals surface area (Å²) in [4.78, 5) is 10.6. The maximum Gasteiger partial charge on any atom is 0.164 e. The maximum absolute atomic E-state index is 10.6. The summed E-state index contributed by atoms with van der Waals surface area (Å²) in [5.74, 6) is 1.96. The minimum Gasteiger partial charge on any atom is -0.493 e. The summed E-state index contributed by atoms with van der Waals surface area (Å²) in [5, 5.41) is 0. The second kappa shape index (κ2) is 3.93. The smallest absolute Gasteiger partial charge is 0.164 e. The summed E-state index contributed by atoms with van der Waals surface area (Å²) >= 11 is 0. The highest BCUT2D eigenvalue weighted by Gasteiger charge is 2.40. The Morgan fingerprint density at radius 3 is 2.67 bits per heavy atom. The number of benzene rings is 1. The van der Waals surface area contributed by atoms with Gasteiger partial charge in [-0.1, -0.05) is 12.1 Å². The number of methoxy groups -OCH3 is 2. The predicted octanol–water partition coefficient (Wildman–Crippen LogP) is 2.01. The molecule has 2 unspecified atom stereocenters. The lowest BCUT2D eigenvalue weighted by Gasteiger charge is -2.11. The second-order valence-electron chi connectivity index (χ2n) is 3.72. The molecule has 1 aliphatic rings. The second-order valence-corrected chi connectivity index (χ2v) is 3.72. The molecule has 0 spiro atoms. The first-order chi connectivity index (χ1) is 7.31. The average molecular weight is 206 g/mol. The fourth-order valence-corrected chi connectivity index (χ4v) is 1.93. The lowest BCUT2D eigenvalue weighted by Crippen LogP contribution is -1.95. The zero-order valence-electron chi connectivity index (χ0n) is 8.90. The molecule has 3 heteroatoms. The van der Waals surface area contributed by atoms with Crippen molar-refractivity contribution in [2.75, 3.05) is 14.2 Å². The van der Waals surface area contributed by atoms with Crippen LogP contribution >= 0.6 is 0 Å². The number of hydrogen-bond donors (Lipinski definition) is 0. The first kappa shape index (κ1) is 10.0. The van der Waals surface area contributed by atoms with Crippen LogP contribution in [0.2, 0.25) is 0 Å². The van der Waals surface area contributed by atoms with Crippen molar-refractivity contribution in [2.24, 2.45) is 5.92 Å². The molecule has 1 saturated carbocycles. The van der Waals surface area contributed by atoms with E-state index in [2.05, 4.69) is 0 Å². The Morgan fingerprint density at radius 2 is 2.13 bits per heavy atom. The van der Waals surface area contributed by atoms with Crippen LogP contribution in [0.4, 0.5) is 0 Å². The Hall–Kier alpha value is -1.51. The molecule has 0 aliphatic heterocycles. The van der Waals surface area contributed by atoms with Gasteiger partial charge in [0.1, 0.15) is 6.29 Å². The van der Waals surface area contributed by atoms with Gasteiger partial charge in [0.05, 0.1) is 14.2 Å². The first-order valence-corrected chi connectivity index (χ1v) is 4.98. The molecular formula is C12H14O3. The number of carbonyl (C=O) groups is 1. The highest BCUT2D eigenvalue weighted by atomic mass is 16.5. The van der Waals surface area contributed by atoms with Gasteiger partial charge in [0.25, 0.3) is 0 Å². The minimum absolute atomic E-state index is 0.158. The summed E-state index contributed by atoms with van der Waals surface area (Å²) in [6.07, 6.45) is 1.94. The minimum atomic E-state index is 0.158. The van der Waals surface area contributed by atoms with Gasteiger partial charge in [0, 0.05) is 11.5 Å². The number of aldehydes is 1. The molecule has 3 nitrogen and oxygen atoms in total. The van der Waals surface area contributed by atoms with Gasteiger partial charge in [-0.05, 0) is 18.4 Å². The molecule has 0 heterocycles. The standard InChI is InChI=1S/C12H14O3/c1-14-11-5-3-4-9(12(11)15-2)10-6-8(10)7-13/h3-5,7-8,10H,6H2,1-2H3. The van der Waals surface area contributed by atoms with Crippen LogP contribution in [0.1, 0.15) is 17.9 Å². The van der Waals surface area contributed by atoms with Gasteiger partial charge >= 0.3 is 0 Å². The van der Waals surface area contributed by atoms with Crippen LogP contribution in [0.3, 0.4) is 0 Å². The highest BCUT2D eigenvalue weighted by molar-refractivity contribution is 5.63. The fourth-order valence-electron chi connectivity index (χ4n) is 1.93. The Kier molecular flexibility index (Phi) is 2.62. The molecule has 0 radical (unpaired) electrons. The molecular weight excluding hydrogens is 192 g/mol. The van der Waals surface area contributed by atoms with Gasteiger partial charge in [-0.2, -0.15) is 0 Å². The van der Waals surface area contributed by atoms with Crippen molar-refractivity contribution in [1.82, 2.24) is 0 Å². The number of para-hydroxylation sites is 1. The topological polar surface area (TPSA) is 35.5 Å². The molecule has 15 heavy (non-hydrogen) atoms. The van der Waals surface area contributed by atoms with E-state index in [-0.39, 0.29) is 5.92 Å². The molecule has 1 fully saturated rings. The summed E-state index contributed by atoms with van der Waals surface area (Å²) < 4.78 is 10.5. The first-order valence-electron chi connectivity index (χ1n) is 4.98. The van der Waals surface area contributed by atoms with Crippen LogP contribution in [0.5, 0.6) is 11.5 Å². The van der Waals surface area contributed by atoms with Crippen LogP contribution in [0.25, 0.3) is 0 Å². The normalized spacial score (nSPS) is 23.3. The third-order valence-electron chi connectivity index (χ3n) is 2.85. The maximum atomic E-state index is 10.6. The highest BCUT2D eigenvalue weighted by Crippen LogP contribution is 2.51. The van der Waals surface area contributed by atoms with Crippen LogP contribution < -0.4 is 9.47 Å². The van der Waals surface area contributed by atoms with Crippen molar-refractivity contribution >= 4 is 6.29 Å². The van der Waals surface area contributed by atoms with Crippen molar-refractivity contribution in [3.8, 4) is 11.5 Å². The quantitative estimate of drug-likeness (QED) is 0.707. The summed E-state index contributed by atoms with van der Waals surface area (Å²) in [5.41, 5.74) is 1.08. The third kappa shape index (κ3) is 1.69. The Morgan fingerprint density at radius 1 is 1.33 bits per heavy atom. The number of carbonyl (C=O) groups excluding carboxylic acids is 1. The van der Waals surface area contributed by atoms with Gasteiger partial charge in [0.2, 0.25) is 0 Å². The molecule has 80 valence electrons. The van der Waals surface area contributed by atoms with Crippen LogP contribution in [-0.4, -0.2) is 20.5 Å². The fraction of sp³-hybridized carbons (Fsp3) is 0.417. The van der Waals surface area contributed by atoms with Gasteiger partial charge in [-0.25, -0.2) is 0 Å². The molecule has 1 aliphatic carbocycles. The molecule has 0 amide bonds. The van der Waals surface area contributed by atoms with E-state index in [0.717, 1.165) is 29.8 Å². The lowest BCUT2D eigenvalue weighted by atomic mass is 10.1. The molecule has 0 N–H and O–H groups in total. The van der Waals surface area contributed by atoms with Gasteiger partial charge in [-0.15, -0.1) is 0 Å². The molecule has 1 aromatic carbocycles. The van der Waals surface area contributed by atoms with E-state index in [4.69, 9.17) is 9.47 Å². The summed E-state index contributed by atoms with van der Waals surface area (Å²) in [6.45, 7) is 0. The van der Waals surface area contributed by atoms with Crippen molar-refractivity contribution in [2.45, 2.75) is 12.3 Å². The predicted molar refractivity (Wildman–Crippen MR) is 56.5 cm³/mol. The zero-order valence-corrected chi connectivity index (χ0v) is 8.90. The number of hydrogen-bond acceptors (Lipinski definition) is 3. The summed E-state index contributed by atoms with van der Waals surface area (Å²) in [7, 11) is 3.24. The average Bonchev–Trinajstić information content (AvgIpc) is 3.07. The van der Waals surface area contributed by atoms with Crippen molar-refractivity contribution in [1.29, 1.82) is 0 Å². The van der Waals surface area contributed by atoms with E-state index < -0.39 is 0 Å². The van der Waals surface area contributed by atoms with Crippen molar-refractivity contribution in [3.05, 3.63) is 23.8 Å². The van der Waals surface area contributed by atoms with E-state index >= 15 is 0 Å². The van der Waals surface area contributed by atoms with E-state index in [9.17, 15) is 4.79 Å². The molecule has 2 atom stereocenters. The van der Waals surface area contributed by atoms with Crippen LogP contribution in [0, 0.1) is 5.92 Å². The van der Waals surface area contributed by atoms with E-state index in [1.165, 1.54) is 0 Å². The SMILES string of the molecule is COc1cccc(C2CC2C=O)c1OC. The molecule has 1 aromatic rings. The van der Waals surface area contributed by atoms with Crippen molar-refractivity contribution < 1.29 is 14.3 Å². The molecule has 0 aromatic heterocycles. The van der Waals surface area contributed by atoms with Gasteiger partial charge in [0.15, 0.2) is 11.5 Å². The molecule has 0 bridgehead atoms. The summed E-state index contributed by atoms with van der Waals surface area (Å²) in [6, 6.07) is 5.78. The Labute approximate surface area is 89.0 Å². The largest absolute Gasteiger partial charge is 0.493 e. The number of ether oxygens (including phenoxy) is 2. The Balaban J connectivity index is 2.34. The number of rotatable bonds is 4.